The molecule has 1 amide bonds. The number of aromatic nitrogens is 3. The van der Waals surface area contributed by atoms with E-state index in [0.29, 0.717) is 37.7 Å². The Morgan fingerprint density at radius 3 is 2.79 bits per heavy atom. The second-order valence-electron chi connectivity index (χ2n) is 8.36. The van der Waals surface area contributed by atoms with Crippen molar-refractivity contribution in [2.75, 3.05) is 19.7 Å². The van der Waals surface area contributed by atoms with E-state index in [1.807, 2.05) is 89.3 Å². The quantitative estimate of drug-likeness (QED) is 0.425. The molecule has 172 valence electrons. The number of carbonyl (C=O) groups is 1. The Balaban J connectivity index is 1.27. The normalized spacial score (nSPS) is 15.8. The van der Waals surface area contributed by atoms with E-state index in [1.54, 1.807) is 12.5 Å². The summed E-state index contributed by atoms with van der Waals surface area (Å²) in [7, 11) is 0. The highest BCUT2D eigenvalue weighted by Crippen LogP contribution is 2.26. The monoisotopic (exact) mass is 454 g/mol. The van der Waals surface area contributed by atoms with Crippen LogP contribution in [0, 0.1) is 6.92 Å². The molecule has 0 radical (unpaired) electrons. The van der Waals surface area contributed by atoms with Crippen molar-refractivity contribution in [1.82, 2.24) is 19.4 Å². The predicted octanol–water partition coefficient (Wildman–Crippen LogP) is 4.64. The Labute approximate surface area is 198 Å². The SMILES string of the molecule is Cc1ccc(Oc2cccc([C@@H]3CN(C(=O)c4cccc(Cn5ccnc5)c4)CCO3)n2)cc1. The third-order valence-electron chi connectivity index (χ3n) is 5.77. The Bertz CT molecular complexity index is 1260. The lowest BCUT2D eigenvalue weighted by molar-refractivity contribution is -0.0248. The molecule has 4 aromatic rings. The standard InChI is InChI=1S/C27H26N4O3/c1-20-8-10-23(11-9-20)34-26-7-3-6-24(29-26)25-18-31(14-15-33-25)27(32)22-5-2-4-21(16-22)17-30-13-12-28-19-30/h2-13,16,19,25H,14-15,17-18H2,1H3/t25-/m0/s1. The molecule has 3 heterocycles. The highest BCUT2D eigenvalue weighted by atomic mass is 16.5. The van der Waals surface area contributed by atoms with Gasteiger partial charge in [-0.1, -0.05) is 35.9 Å². The molecule has 0 spiro atoms. The van der Waals surface area contributed by atoms with E-state index in [2.05, 4.69) is 9.97 Å². The molecule has 0 N–H and O–H groups in total. The second-order valence-corrected chi connectivity index (χ2v) is 8.36. The van der Waals surface area contributed by atoms with Gasteiger partial charge in [-0.3, -0.25) is 4.79 Å². The van der Waals surface area contributed by atoms with E-state index in [-0.39, 0.29) is 12.0 Å². The number of nitrogens with zero attached hydrogens (tertiary/aromatic N) is 4. The van der Waals surface area contributed by atoms with Gasteiger partial charge in [-0.15, -0.1) is 0 Å². The minimum Gasteiger partial charge on any atom is -0.439 e. The first-order chi connectivity index (χ1) is 16.6. The molecule has 5 rings (SSSR count). The van der Waals surface area contributed by atoms with Crippen LogP contribution >= 0.6 is 0 Å². The van der Waals surface area contributed by atoms with Gasteiger partial charge in [-0.05, 0) is 42.8 Å². The van der Waals surface area contributed by atoms with Crippen LogP contribution < -0.4 is 4.74 Å². The number of pyridine rings is 1. The molecule has 0 aliphatic carbocycles. The number of hydrogen-bond acceptors (Lipinski definition) is 5. The minimum atomic E-state index is -0.312. The average Bonchev–Trinajstić information content (AvgIpc) is 3.38. The molecule has 1 saturated heterocycles. The predicted molar refractivity (Wildman–Crippen MR) is 128 cm³/mol. The summed E-state index contributed by atoms with van der Waals surface area (Å²) in [6.07, 6.45) is 5.11. The summed E-state index contributed by atoms with van der Waals surface area (Å²) in [5.41, 5.74) is 3.64. The molecule has 2 aromatic heterocycles. The summed E-state index contributed by atoms with van der Waals surface area (Å²) in [6.45, 7) is 4.14. The van der Waals surface area contributed by atoms with Gasteiger partial charge < -0.3 is 18.9 Å². The van der Waals surface area contributed by atoms with Crippen LogP contribution in [0.4, 0.5) is 0 Å². The van der Waals surface area contributed by atoms with Crippen LogP contribution in [0.25, 0.3) is 0 Å². The van der Waals surface area contributed by atoms with Crippen molar-refractivity contribution in [3.63, 3.8) is 0 Å². The maximum absolute atomic E-state index is 13.3. The number of benzene rings is 2. The molecule has 1 atom stereocenters. The molecule has 1 fully saturated rings. The largest absolute Gasteiger partial charge is 0.439 e. The Kier molecular flexibility index (Phi) is 6.35. The lowest BCUT2D eigenvalue weighted by atomic mass is 10.1. The molecule has 0 unspecified atom stereocenters. The van der Waals surface area contributed by atoms with Crippen molar-refractivity contribution in [3.8, 4) is 11.6 Å². The van der Waals surface area contributed by atoms with Crippen molar-refractivity contribution in [2.45, 2.75) is 19.6 Å². The van der Waals surface area contributed by atoms with Crippen LogP contribution in [0.1, 0.15) is 33.3 Å². The van der Waals surface area contributed by atoms with E-state index in [0.717, 1.165) is 17.0 Å². The topological polar surface area (TPSA) is 69.5 Å². The molecule has 0 saturated carbocycles. The van der Waals surface area contributed by atoms with Gasteiger partial charge in [0.15, 0.2) is 0 Å². The van der Waals surface area contributed by atoms with Crippen molar-refractivity contribution >= 4 is 5.91 Å². The van der Waals surface area contributed by atoms with Crippen LogP contribution in [-0.2, 0) is 11.3 Å². The molecule has 7 nitrogen and oxygen atoms in total. The summed E-state index contributed by atoms with van der Waals surface area (Å²) < 4.78 is 13.9. The maximum Gasteiger partial charge on any atom is 0.254 e. The van der Waals surface area contributed by atoms with Gasteiger partial charge in [0, 0.05) is 37.1 Å². The van der Waals surface area contributed by atoms with E-state index >= 15 is 0 Å². The second kappa shape index (κ2) is 9.89. The highest BCUT2D eigenvalue weighted by molar-refractivity contribution is 5.94. The molecule has 0 bridgehead atoms. The molecular formula is C27H26N4O3. The van der Waals surface area contributed by atoms with Crippen molar-refractivity contribution in [3.05, 3.63) is 108 Å². The summed E-state index contributed by atoms with van der Waals surface area (Å²) >= 11 is 0. The van der Waals surface area contributed by atoms with Gasteiger partial charge >= 0.3 is 0 Å². The average molecular weight is 455 g/mol. The number of carbonyl (C=O) groups excluding carboxylic acids is 1. The third kappa shape index (κ3) is 5.15. The van der Waals surface area contributed by atoms with Crippen LogP contribution in [0.2, 0.25) is 0 Å². The Morgan fingerprint density at radius 1 is 1.12 bits per heavy atom. The highest BCUT2D eigenvalue weighted by Gasteiger charge is 2.27. The first-order valence-electron chi connectivity index (χ1n) is 11.3. The lowest BCUT2D eigenvalue weighted by Gasteiger charge is -2.33. The number of hydrogen-bond donors (Lipinski definition) is 0. The molecular weight excluding hydrogens is 428 g/mol. The van der Waals surface area contributed by atoms with E-state index < -0.39 is 0 Å². The number of rotatable bonds is 6. The van der Waals surface area contributed by atoms with Gasteiger partial charge in [0.2, 0.25) is 5.88 Å². The fraction of sp³-hybridized carbons (Fsp3) is 0.222. The van der Waals surface area contributed by atoms with Gasteiger partial charge in [-0.2, -0.15) is 0 Å². The fourth-order valence-corrected chi connectivity index (χ4v) is 3.98. The smallest absolute Gasteiger partial charge is 0.254 e. The fourth-order valence-electron chi connectivity index (χ4n) is 3.98. The number of morpholine rings is 1. The van der Waals surface area contributed by atoms with Crippen LogP contribution in [0.5, 0.6) is 11.6 Å². The van der Waals surface area contributed by atoms with E-state index in [1.165, 1.54) is 5.56 Å². The lowest BCUT2D eigenvalue weighted by Crippen LogP contribution is -2.42. The molecule has 7 heteroatoms. The van der Waals surface area contributed by atoms with Crippen molar-refractivity contribution in [1.29, 1.82) is 0 Å². The number of amides is 1. The Morgan fingerprint density at radius 2 is 1.97 bits per heavy atom. The van der Waals surface area contributed by atoms with Crippen LogP contribution in [0.15, 0.2) is 85.5 Å². The zero-order valence-electron chi connectivity index (χ0n) is 19.0. The maximum atomic E-state index is 13.3. The van der Waals surface area contributed by atoms with Gasteiger partial charge in [0.1, 0.15) is 11.9 Å². The number of imidazole rings is 1. The Hall–Kier alpha value is -3.97. The van der Waals surface area contributed by atoms with E-state index in [4.69, 9.17) is 9.47 Å². The number of ether oxygens (including phenoxy) is 2. The summed E-state index contributed by atoms with van der Waals surface area (Å²) in [5, 5.41) is 0. The van der Waals surface area contributed by atoms with Gasteiger partial charge in [0.25, 0.3) is 5.91 Å². The molecule has 1 aliphatic heterocycles. The summed E-state index contributed by atoms with van der Waals surface area (Å²) in [6, 6.07) is 21.2. The van der Waals surface area contributed by atoms with Crippen LogP contribution in [-0.4, -0.2) is 45.0 Å². The first-order valence-corrected chi connectivity index (χ1v) is 11.3. The molecule has 2 aromatic carbocycles. The summed E-state index contributed by atoms with van der Waals surface area (Å²) in [5.74, 6) is 1.22. The van der Waals surface area contributed by atoms with Crippen molar-refractivity contribution < 1.29 is 14.3 Å². The molecule has 34 heavy (non-hydrogen) atoms. The summed E-state index contributed by atoms with van der Waals surface area (Å²) in [4.78, 5) is 23.8. The third-order valence-corrected chi connectivity index (χ3v) is 5.77. The van der Waals surface area contributed by atoms with Crippen molar-refractivity contribution in [2.24, 2.45) is 0 Å². The van der Waals surface area contributed by atoms with Crippen LogP contribution in [0.3, 0.4) is 0 Å². The zero-order chi connectivity index (χ0) is 23.3. The first kappa shape index (κ1) is 21.9. The van der Waals surface area contributed by atoms with E-state index in [9.17, 15) is 4.79 Å². The number of aryl methyl sites for hydroxylation is 1. The minimum absolute atomic E-state index is 0.00663. The zero-order valence-corrected chi connectivity index (χ0v) is 19.0. The molecule has 1 aliphatic rings. The van der Waals surface area contributed by atoms with Gasteiger partial charge in [-0.25, -0.2) is 9.97 Å². The van der Waals surface area contributed by atoms with Gasteiger partial charge in [0.05, 0.1) is 25.2 Å².